The van der Waals surface area contributed by atoms with Gasteiger partial charge in [-0.3, -0.25) is 0 Å². The van der Waals surface area contributed by atoms with Crippen molar-refractivity contribution in [1.82, 2.24) is 0 Å². The first-order chi connectivity index (χ1) is 8.31. The smallest absolute Gasteiger partial charge is 0.203 e. The molecular weight excluding hydrogens is 216 g/mol. The van der Waals surface area contributed by atoms with Crippen LogP contribution in [-0.4, -0.2) is 21.3 Å². The van der Waals surface area contributed by atoms with Crippen LogP contribution in [0.25, 0.3) is 5.57 Å². The van der Waals surface area contributed by atoms with E-state index < -0.39 is 0 Å². The summed E-state index contributed by atoms with van der Waals surface area (Å²) in [6.45, 7) is 0. The molecular formula is C14H16O3. The second-order valence-corrected chi connectivity index (χ2v) is 3.68. The average molecular weight is 232 g/mol. The lowest BCUT2D eigenvalue weighted by Gasteiger charge is -2.15. The molecule has 0 aliphatic heterocycles. The van der Waals surface area contributed by atoms with Gasteiger partial charge in [0.25, 0.3) is 0 Å². The number of ether oxygens (including phenoxy) is 3. The third-order valence-electron chi connectivity index (χ3n) is 2.79. The number of rotatable bonds is 4. The van der Waals surface area contributed by atoms with Gasteiger partial charge in [-0.05, 0) is 24.1 Å². The summed E-state index contributed by atoms with van der Waals surface area (Å²) in [5.41, 5.74) is 2.18. The van der Waals surface area contributed by atoms with Crippen molar-refractivity contribution in [3.05, 3.63) is 35.9 Å². The van der Waals surface area contributed by atoms with Crippen LogP contribution in [0.1, 0.15) is 12.0 Å². The van der Waals surface area contributed by atoms with Crippen LogP contribution >= 0.6 is 0 Å². The lowest BCUT2D eigenvalue weighted by atomic mass is 10.0. The van der Waals surface area contributed by atoms with E-state index in [4.69, 9.17) is 14.2 Å². The molecule has 3 nitrogen and oxygen atoms in total. The van der Waals surface area contributed by atoms with Gasteiger partial charge in [-0.25, -0.2) is 0 Å². The molecule has 1 aliphatic rings. The molecule has 0 N–H and O–H groups in total. The summed E-state index contributed by atoms with van der Waals surface area (Å²) in [7, 11) is 4.87. The molecule has 0 heterocycles. The average Bonchev–Trinajstić information content (AvgIpc) is 2.90. The standard InChI is InChI=1S/C14H16O3/c1-15-12-9-8-11(10-6-4-5-7-10)13(16-2)14(12)17-3/h4,6-9H,5H2,1-3H3. The SMILES string of the molecule is COc1ccc(C2=CCC=C2)c(OC)c1OC. The van der Waals surface area contributed by atoms with Gasteiger partial charge in [0.15, 0.2) is 11.5 Å². The first kappa shape index (κ1) is 11.6. The molecule has 1 aromatic rings. The van der Waals surface area contributed by atoms with E-state index in [1.165, 1.54) is 0 Å². The Hall–Kier alpha value is -1.90. The number of benzene rings is 1. The molecule has 0 saturated heterocycles. The summed E-state index contributed by atoms with van der Waals surface area (Å²) in [5.74, 6) is 2.02. The molecule has 17 heavy (non-hydrogen) atoms. The molecule has 0 spiro atoms. The van der Waals surface area contributed by atoms with Crippen LogP contribution in [0.4, 0.5) is 0 Å². The highest BCUT2D eigenvalue weighted by atomic mass is 16.5. The summed E-state index contributed by atoms with van der Waals surface area (Å²) in [6.07, 6.45) is 7.33. The zero-order valence-electron chi connectivity index (χ0n) is 10.3. The maximum atomic E-state index is 5.44. The van der Waals surface area contributed by atoms with Gasteiger partial charge in [-0.15, -0.1) is 0 Å². The van der Waals surface area contributed by atoms with E-state index in [-0.39, 0.29) is 0 Å². The molecule has 0 unspecified atom stereocenters. The van der Waals surface area contributed by atoms with E-state index in [0.29, 0.717) is 17.2 Å². The van der Waals surface area contributed by atoms with Crippen LogP contribution in [0.3, 0.4) is 0 Å². The number of hydrogen-bond donors (Lipinski definition) is 0. The van der Waals surface area contributed by atoms with Crippen molar-refractivity contribution in [1.29, 1.82) is 0 Å². The number of methoxy groups -OCH3 is 3. The van der Waals surface area contributed by atoms with Gasteiger partial charge in [0.1, 0.15) is 0 Å². The molecule has 2 rings (SSSR count). The Morgan fingerprint density at radius 3 is 2.24 bits per heavy atom. The highest BCUT2D eigenvalue weighted by molar-refractivity contribution is 5.82. The lowest BCUT2D eigenvalue weighted by molar-refractivity contribution is 0.324. The highest BCUT2D eigenvalue weighted by Gasteiger charge is 2.17. The fourth-order valence-electron chi connectivity index (χ4n) is 1.99. The fraction of sp³-hybridized carbons (Fsp3) is 0.286. The minimum Gasteiger partial charge on any atom is -0.493 e. The van der Waals surface area contributed by atoms with Crippen molar-refractivity contribution in [3.8, 4) is 17.2 Å². The molecule has 0 radical (unpaired) electrons. The van der Waals surface area contributed by atoms with Crippen molar-refractivity contribution in [2.45, 2.75) is 6.42 Å². The second kappa shape index (κ2) is 4.95. The number of hydrogen-bond acceptors (Lipinski definition) is 3. The Bertz CT molecular complexity index is 473. The van der Waals surface area contributed by atoms with Gasteiger partial charge in [0, 0.05) is 5.56 Å². The molecule has 0 amide bonds. The normalized spacial score (nSPS) is 13.5. The van der Waals surface area contributed by atoms with Gasteiger partial charge in [-0.2, -0.15) is 0 Å². The Morgan fingerprint density at radius 2 is 1.71 bits per heavy atom. The van der Waals surface area contributed by atoms with Gasteiger partial charge < -0.3 is 14.2 Å². The highest BCUT2D eigenvalue weighted by Crippen LogP contribution is 2.43. The molecule has 0 bridgehead atoms. The topological polar surface area (TPSA) is 27.7 Å². The van der Waals surface area contributed by atoms with E-state index in [1.54, 1.807) is 21.3 Å². The molecule has 0 saturated carbocycles. The van der Waals surface area contributed by atoms with Crippen molar-refractivity contribution in [3.63, 3.8) is 0 Å². The fourth-order valence-corrected chi connectivity index (χ4v) is 1.99. The summed E-state index contributed by atoms with van der Waals surface area (Å²) >= 11 is 0. The number of allylic oxidation sites excluding steroid dienone is 4. The maximum Gasteiger partial charge on any atom is 0.203 e. The maximum absolute atomic E-state index is 5.44. The minimum absolute atomic E-state index is 0.633. The molecule has 0 atom stereocenters. The summed E-state index contributed by atoms with van der Waals surface area (Å²) in [4.78, 5) is 0. The van der Waals surface area contributed by atoms with E-state index >= 15 is 0 Å². The van der Waals surface area contributed by atoms with Crippen molar-refractivity contribution < 1.29 is 14.2 Å². The largest absolute Gasteiger partial charge is 0.493 e. The Kier molecular flexibility index (Phi) is 3.38. The minimum atomic E-state index is 0.633. The Balaban J connectivity index is 2.56. The summed E-state index contributed by atoms with van der Waals surface area (Å²) < 4.78 is 16.1. The van der Waals surface area contributed by atoms with E-state index in [9.17, 15) is 0 Å². The van der Waals surface area contributed by atoms with Crippen molar-refractivity contribution in [2.75, 3.05) is 21.3 Å². The second-order valence-electron chi connectivity index (χ2n) is 3.68. The van der Waals surface area contributed by atoms with Crippen LogP contribution in [0.15, 0.2) is 30.4 Å². The van der Waals surface area contributed by atoms with Crippen LogP contribution in [0, 0.1) is 0 Å². The van der Waals surface area contributed by atoms with E-state index in [2.05, 4.69) is 18.2 Å². The third kappa shape index (κ3) is 2.00. The monoisotopic (exact) mass is 232 g/mol. The molecule has 3 heteroatoms. The van der Waals surface area contributed by atoms with Gasteiger partial charge >= 0.3 is 0 Å². The van der Waals surface area contributed by atoms with Crippen LogP contribution in [0.5, 0.6) is 17.2 Å². The van der Waals surface area contributed by atoms with Crippen LogP contribution < -0.4 is 14.2 Å². The summed E-state index contributed by atoms with van der Waals surface area (Å²) in [6, 6.07) is 3.88. The quantitative estimate of drug-likeness (QED) is 0.798. The lowest BCUT2D eigenvalue weighted by Crippen LogP contribution is -1.97. The predicted octanol–water partition coefficient (Wildman–Crippen LogP) is 3.06. The first-order valence-electron chi connectivity index (χ1n) is 5.47. The van der Waals surface area contributed by atoms with Crippen molar-refractivity contribution in [2.24, 2.45) is 0 Å². The molecule has 0 aromatic heterocycles. The Labute approximate surface area is 101 Å². The molecule has 0 fully saturated rings. The molecule has 1 aromatic carbocycles. The van der Waals surface area contributed by atoms with Gasteiger partial charge in [0.2, 0.25) is 5.75 Å². The zero-order chi connectivity index (χ0) is 12.3. The zero-order valence-corrected chi connectivity index (χ0v) is 10.3. The predicted molar refractivity (Wildman–Crippen MR) is 67.8 cm³/mol. The van der Waals surface area contributed by atoms with Crippen LogP contribution in [0.2, 0.25) is 0 Å². The van der Waals surface area contributed by atoms with E-state index in [1.807, 2.05) is 12.1 Å². The van der Waals surface area contributed by atoms with Gasteiger partial charge in [0.05, 0.1) is 21.3 Å². The summed E-state index contributed by atoms with van der Waals surface area (Å²) in [5, 5.41) is 0. The van der Waals surface area contributed by atoms with E-state index in [0.717, 1.165) is 17.6 Å². The third-order valence-corrected chi connectivity index (χ3v) is 2.79. The molecule has 90 valence electrons. The van der Waals surface area contributed by atoms with Crippen LogP contribution in [-0.2, 0) is 0 Å². The van der Waals surface area contributed by atoms with Gasteiger partial charge in [-0.1, -0.05) is 18.2 Å². The first-order valence-corrected chi connectivity index (χ1v) is 5.47. The van der Waals surface area contributed by atoms with Crippen molar-refractivity contribution >= 4 is 5.57 Å². The Morgan fingerprint density at radius 1 is 0.941 bits per heavy atom. The molecule has 1 aliphatic carbocycles.